The van der Waals surface area contributed by atoms with Crippen molar-refractivity contribution >= 4 is 47.8 Å². The van der Waals surface area contributed by atoms with Gasteiger partial charge in [-0.3, -0.25) is 4.68 Å². The molecule has 0 amide bonds. The van der Waals surface area contributed by atoms with Crippen LogP contribution in [0.5, 0.6) is 0 Å². The maximum absolute atomic E-state index is 10.6. The maximum Gasteiger partial charge on any atom is 0.122 e. The van der Waals surface area contributed by atoms with E-state index in [2.05, 4.69) is 52.9 Å². The number of aromatic nitrogens is 2. The Bertz CT molecular complexity index is 581. The predicted octanol–water partition coefficient (Wildman–Crippen LogP) is 3.90. The quantitative estimate of drug-likeness (QED) is 0.724. The molecule has 0 radical (unpaired) electrons. The molecule has 0 saturated carbocycles. The first-order valence-electron chi connectivity index (χ1n) is 5.87. The Kier molecular flexibility index (Phi) is 5.80. The molecule has 0 spiro atoms. The third-order valence-electron chi connectivity index (χ3n) is 2.80. The fourth-order valence-corrected chi connectivity index (χ4v) is 3.73. The van der Waals surface area contributed by atoms with Gasteiger partial charge in [0.1, 0.15) is 6.10 Å². The van der Waals surface area contributed by atoms with Crippen LogP contribution in [-0.2, 0) is 11.3 Å². The van der Waals surface area contributed by atoms with Gasteiger partial charge in [-0.2, -0.15) is 5.10 Å². The number of nitrogens with zero attached hydrogens (tertiary/aromatic N) is 2. The van der Waals surface area contributed by atoms with Crippen LogP contribution in [0.4, 0.5) is 0 Å². The van der Waals surface area contributed by atoms with Crippen molar-refractivity contribution < 1.29 is 9.84 Å². The van der Waals surface area contributed by atoms with Crippen molar-refractivity contribution in [3.05, 3.63) is 49.1 Å². The summed E-state index contributed by atoms with van der Waals surface area (Å²) in [5.41, 5.74) is 1.50. The zero-order valence-electron chi connectivity index (χ0n) is 10.7. The monoisotopic (exact) mass is 466 g/mol. The van der Waals surface area contributed by atoms with E-state index in [1.807, 2.05) is 18.2 Å². The van der Waals surface area contributed by atoms with Gasteiger partial charge in [-0.1, -0.05) is 31.9 Å². The summed E-state index contributed by atoms with van der Waals surface area (Å²) in [5, 5.41) is 14.9. The minimum absolute atomic E-state index is 0.538. The van der Waals surface area contributed by atoms with Crippen molar-refractivity contribution in [2.45, 2.75) is 12.6 Å². The molecular formula is C13H13Br3N2O2. The number of rotatable bonds is 5. The molecule has 7 heteroatoms. The lowest BCUT2D eigenvalue weighted by atomic mass is 10.1. The van der Waals surface area contributed by atoms with E-state index in [9.17, 15) is 5.11 Å². The summed E-state index contributed by atoms with van der Waals surface area (Å²) in [4.78, 5) is 0. The third-order valence-corrected chi connectivity index (χ3v) is 4.33. The zero-order valence-corrected chi connectivity index (χ0v) is 15.4. The average molecular weight is 469 g/mol. The first-order chi connectivity index (χ1) is 9.52. The van der Waals surface area contributed by atoms with Gasteiger partial charge < -0.3 is 9.84 Å². The van der Waals surface area contributed by atoms with Gasteiger partial charge in [0, 0.05) is 16.1 Å². The van der Waals surface area contributed by atoms with E-state index in [-0.39, 0.29) is 0 Å². The van der Waals surface area contributed by atoms with E-state index in [1.165, 1.54) is 0 Å². The molecular weight excluding hydrogens is 456 g/mol. The van der Waals surface area contributed by atoms with Crippen LogP contribution in [0, 0.1) is 0 Å². The third kappa shape index (κ3) is 3.71. The van der Waals surface area contributed by atoms with Crippen LogP contribution in [0.25, 0.3) is 0 Å². The Hall–Kier alpha value is -0.210. The van der Waals surface area contributed by atoms with Crippen molar-refractivity contribution in [1.82, 2.24) is 9.78 Å². The fraction of sp³-hybridized carbons (Fsp3) is 0.308. The molecule has 0 bridgehead atoms. The van der Waals surface area contributed by atoms with E-state index in [1.54, 1.807) is 18.0 Å². The Morgan fingerprint density at radius 2 is 1.90 bits per heavy atom. The summed E-state index contributed by atoms with van der Waals surface area (Å²) in [6, 6.07) is 5.69. The van der Waals surface area contributed by atoms with Crippen LogP contribution in [0.3, 0.4) is 0 Å². The Balaban J connectivity index is 2.36. The zero-order chi connectivity index (χ0) is 14.7. The van der Waals surface area contributed by atoms with Crippen molar-refractivity contribution in [3.63, 3.8) is 0 Å². The van der Waals surface area contributed by atoms with Gasteiger partial charge in [0.15, 0.2) is 0 Å². The van der Waals surface area contributed by atoms with Gasteiger partial charge in [0.2, 0.25) is 0 Å². The molecule has 1 atom stereocenters. The van der Waals surface area contributed by atoms with Crippen LogP contribution >= 0.6 is 47.8 Å². The van der Waals surface area contributed by atoms with E-state index in [0.717, 1.165) is 19.0 Å². The molecule has 0 fully saturated rings. The van der Waals surface area contributed by atoms with Gasteiger partial charge in [-0.05, 0) is 39.7 Å². The molecule has 2 rings (SSSR count). The Labute approximate surface area is 142 Å². The number of halogens is 3. The van der Waals surface area contributed by atoms with Crippen LogP contribution in [0.2, 0.25) is 0 Å². The SMILES string of the molecule is COCCn1ncc(Br)c1C(O)c1cc(Br)cc(Br)c1. The van der Waals surface area contributed by atoms with Crippen LogP contribution in [0.1, 0.15) is 17.4 Å². The molecule has 4 nitrogen and oxygen atoms in total. The summed E-state index contributed by atoms with van der Waals surface area (Å²) in [6.45, 7) is 1.12. The predicted molar refractivity (Wildman–Crippen MR) is 87.7 cm³/mol. The molecule has 1 heterocycles. The summed E-state index contributed by atoms with van der Waals surface area (Å²) < 4.78 is 9.38. The number of hydrogen-bond donors (Lipinski definition) is 1. The standard InChI is InChI=1S/C13H13Br3N2O2/c1-20-3-2-18-12(11(16)7-17-18)13(19)8-4-9(14)6-10(15)5-8/h4-7,13,19H,2-3H2,1H3. The molecule has 1 unspecified atom stereocenters. The highest BCUT2D eigenvalue weighted by Crippen LogP contribution is 2.31. The lowest BCUT2D eigenvalue weighted by Gasteiger charge is -2.15. The van der Waals surface area contributed by atoms with E-state index < -0.39 is 6.10 Å². The number of hydrogen-bond acceptors (Lipinski definition) is 3. The second kappa shape index (κ2) is 7.17. The number of methoxy groups -OCH3 is 1. The smallest absolute Gasteiger partial charge is 0.122 e. The highest BCUT2D eigenvalue weighted by Gasteiger charge is 2.20. The van der Waals surface area contributed by atoms with E-state index >= 15 is 0 Å². The number of ether oxygens (including phenoxy) is 1. The number of aliphatic hydroxyl groups is 1. The highest BCUT2D eigenvalue weighted by molar-refractivity contribution is 9.11. The molecule has 0 aliphatic rings. The van der Waals surface area contributed by atoms with Gasteiger partial charge >= 0.3 is 0 Å². The van der Waals surface area contributed by atoms with E-state index in [0.29, 0.717) is 18.8 Å². The number of aliphatic hydroxyl groups excluding tert-OH is 1. The first-order valence-corrected chi connectivity index (χ1v) is 8.25. The second-order valence-corrected chi connectivity index (χ2v) is 6.88. The van der Waals surface area contributed by atoms with Gasteiger partial charge in [-0.25, -0.2) is 0 Å². The largest absolute Gasteiger partial charge is 0.383 e. The van der Waals surface area contributed by atoms with Crippen LogP contribution < -0.4 is 0 Å². The summed E-state index contributed by atoms with van der Waals surface area (Å²) in [5.74, 6) is 0. The van der Waals surface area contributed by atoms with Crippen molar-refractivity contribution in [1.29, 1.82) is 0 Å². The Morgan fingerprint density at radius 3 is 2.50 bits per heavy atom. The van der Waals surface area contributed by atoms with Gasteiger partial charge in [-0.15, -0.1) is 0 Å². The van der Waals surface area contributed by atoms with Gasteiger partial charge in [0.25, 0.3) is 0 Å². The first kappa shape index (κ1) is 16.2. The van der Waals surface area contributed by atoms with Crippen LogP contribution in [0.15, 0.2) is 37.8 Å². The lowest BCUT2D eigenvalue weighted by Crippen LogP contribution is -2.13. The van der Waals surface area contributed by atoms with E-state index in [4.69, 9.17) is 4.74 Å². The summed E-state index contributed by atoms with van der Waals surface area (Å²) in [7, 11) is 1.64. The van der Waals surface area contributed by atoms with Crippen molar-refractivity contribution in [3.8, 4) is 0 Å². The van der Waals surface area contributed by atoms with Crippen LogP contribution in [-0.4, -0.2) is 28.6 Å². The minimum atomic E-state index is -0.766. The molecule has 0 aliphatic carbocycles. The average Bonchev–Trinajstić information content (AvgIpc) is 2.75. The van der Waals surface area contributed by atoms with Gasteiger partial charge in [0.05, 0.1) is 29.5 Å². The summed E-state index contributed by atoms with van der Waals surface area (Å²) in [6.07, 6.45) is 0.916. The topological polar surface area (TPSA) is 47.3 Å². The maximum atomic E-state index is 10.6. The molecule has 1 aromatic heterocycles. The molecule has 108 valence electrons. The molecule has 0 saturated heterocycles. The fourth-order valence-electron chi connectivity index (χ4n) is 1.89. The van der Waals surface area contributed by atoms with Crippen molar-refractivity contribution in [2.75, 3.05) is 13.7 Å². The highest BCUT2D eigenvalue weighted by atomic mass is 79.9. The minimum Gasteiger partial charge on any atom is -0.383 e. The molecule has 1 N–H and O–H groups in total. The molecule has 1 aromatic carbocycles. The molecule has 2 aromatic rings. The molecule has 20 heavy (non-hydrogen) atoms. The normalized spacial score (nSPS) is 12.7. The molecule has 0 aliphatic heterocycles. The Morgan fingerprint density at radius 1 is 1.25 bits per heavy atom. The second-order valence-electron chi connectivity index (χ2n) is 4.20. The number of benzene rings is 1. The van der Waals surface area contributed by atoms with Crippen molar-refractivity contribution in [2.24, 2.45) is 0 Å². The summed E-state index contributed by atoms with van der Waals surface area (Å²) >= 11 is 10.3. The lowest BCUT2D eigenvalue weighted by molar-refractivity contribution is 0.171.